The van der Waals surface area contributed by atoms with Crippen LogP contribution < -0.4 is 15.7 Å². The van der Waals surface area contributed by atoms with Crippen LogP contribution in [0.1, 0.15) is 19.3 Å². The van der Waals surface area contributed by atoms with Crippen LogP contribution in [0.5, 0.6) is 0 Å². The predicted molar refractivity (Wildman–Crippen MR) is 111 cm³/mol. The Bertz CT molecular complexity index is 700. The van der Waals surface area contributed by atoms with E-state index in [-0.39, 0.29) is 0 Å². The maximum absolute atomic E-state index is 9.77. The topological polar surface area (TPSA) is 71.4 Å². The molecule has 2 aromatic rings. The second-order valence-electron chi connectivity index (χ2n) is 6.79. The van der Waals surface area contributed by atoms with Crippen molar-refractivity contribution in [3.8, 4) is 0 Å². The van der Waals surface area contributed by atoms with E-state index in [0.717, 1.165) is 48.6 Å². The summed E-state index contributed by atoms with van der Waals surface area (Å²) in [5, 5.41) is 21.0. The van der Waals surface area contributed by atoms with E-state index in [9.17, 15) is 5.21 Å². The lowest BCUT2D eigenvalue weighted by Gasteiger charge is -2.28. The summed E-state index contributed by atoms with van der Waals surface area (Å²) in [6.45, 7) is 2.63. The minimum atomic E-state index is 0.320. The number of nitrogens with zero attached hydrogens (tertiary/aromatic N) is 1. The predicted octanol–water partition coefficient (Wildman–Crippen LogP) is 4.10. The molecule has 5 nitrogen and oxygen atoms in total. The van der Waals surface area contributed by atoms with Crippen molar-refractivity contribution in [2.45, 2.75) is 19.3 Å². The van der Waals surface area contributed by atoms with Crippen molar-refractivity contribution < 1.29 is 5.21 Å². The number of nitrogens with one attached hydrogen (secondary N) is 3. The Morgan fingerprint density at radius 1 is 1.04 bits per heavy atom. The Hall–Kier alpha value is -2.63. The van der Waals surface area contributed by atoms with Crippen LogP contribution in [0.3, 0.4) is 0 Å². The fourth-order valence-corrected chi connectivity index (χ4v) is 3.70. The smallest absolute Gasteiger partial charge is 0.0443 e. The quantitative estimate of drug-likeness (QED) is 0.420. The average Bonchev–Trinajstić information content (AvgIpc) is 2.75. The number of para-hydroxylation sites is 2. The molecule has 0 amide bonds. The Balaban J connectivity index is 1.82. The first-order chi connectivity index (χ1) is 13.3. The highest BCUT2D eigenvalue weighted by Gasteiger charge is 2.20. The summed E-state index contributed by atoms with van der Waals surface area (Å²) in [6, 6.07) is 20.5. The molecule has 0 atom stereocenters. The van der Waals surface area contributed by atoms with Gasteiger partial charge >= 0.3 is 0 Å². The first kappa shape index (κ1) is 19.1. The lowest BCUT2D eigenvalue weighted by molar-refractivity contribution is 0.194. The normalized spacial score (nSPS) is 15.7. The van der Waals surface area contributed by atoms with Gasteiger partial charge in [-0.3, -0.25) is 10.7 Å². The highest BCUT2D eigenvalue weighted by atomic mass is 16.5. The summed E-state index contributed by atoms with van der Waals surface area (Å²) in [7, 11) is 0. The molecule has 0 saturated carbocycles. The lowest BCUT2D eigenvalue weighted by atomic mass is 9.88. The van der Waals surface area contributed by atoms with Crippen LogP contribution in [0.25, 0.3) is 0 Å². The van der Waals surface area contributed by atoms with Crippen LogP contribution in [-0.4, -0.2) is 31.1 Å². The molecular formula is C22H28N4O. The molecule has 1 aliphatic heterocycles. The summed E-state index contributed by atoms with van der Waals surface area (Å²) < 4.78 is 0. The first-order valence-corrected chi connectivity index (χ1v) is 9.55. The second-order valence-corrected chi connectivity index (χ2v) is 6.79. The Morgan fingerprint density at radius 2 is 1.59 bits per heavy atom. The zero-order valence-corrected chi connectivity index (χ0v) is 15.6. The number of allylic oxidation sites excluding steroid dienone is 1. The van der Waals surface area contributed by atoms with Gasteiger partial charge in [-0.25, -0.2) is 0 Å². The number of rotatable bonds is 8. The van der Waals surface area contributed by atoms with Crippen LogP contribution >= 0.6 is 0 Å². The number of hydroxylamine groups is 1. The van der Waals surface area contributed by atoms with E-state index in [0.29, 0.717) is 18.9 Å². The fourth-order valence-electron chi connectivity index (χ4n) is 3.70. The van der Waals surface area contributed by atoms with E-state index >= 15 is 0 Å². The first-order valence-electron chi connectivity index (χ1n) is 9.55. The molecule has 1 saturated heterocycles. The molecule has 0 spiro atoms. The van der Waals surface area contributed by atoms with Gasteiger partial charge in [-0.2, -0.15) is 0 Å². The third-order valence-electron chi connectivity index (χ3n) is 5.14. The van der Waals surface area contributed by atoms with Crippen molar-refractivity contribution in [2.75, 3.05) is 24.5 Å². The Morgan fingerprint density at radius 3 is 2.07 bits per heavy atom. The number of hydrogen-bond acceptors (Lipinski definition) is 5. The van der Waals surface area contributed by atoms with Gasteiger partial charge in [0.15, 0.2) is 0 Å². The largest absolute Gasteiger partial charge is 0.341 e. The number of anilines is 2. The zero-order chi connectivity index (χ0) is 18.9. The van der Waals surface area contributed by atoms with Crippen molar-refractivity contribution in [1.82, 2.24) is 10.8 Å². The molecule has 0 aliphatic carbocycles. The van der Waals surface area contributed by atoms with Crippen LogP contribution in [0.15, 0.2) is 71.9 Å². The SMILES string of the molecule is N=C/C(=C(/CCN(c1ccccc1)c1ccccc1)NO)C1CCNCC1. The van der Waals surface area contributed by atoms with E-state index in [1.54, 1.807) is 0 Å². The summed E-state index contributed by atoms with van der Waals surface area (Å²) in [5.41, 5.74) is 6.27. The molecule has 1 aliphatic rings. The van der Waals surface area contributed by atoms with Gasteiger partial charge in [-0.05, 0) is 61.7 Å². The molecule has 1 fully saturated rings. The van der Waals surface area contributed by atoms with Gasteiger partial charge in [0.25, 0.3) is 0 Å². The third-order valence-corrected chi connectivity index (χ3v) is 5.14. The van der Waals surface area contributed by atoms with Gasteiger partial charge in [-0.1, -0.05) is 36.4 Å². The van der Waals surface area contributed by atoms with Crippen molar-refractivity contribution in [3.05, 3.63) is 71.9 Å². The standard InChI is InChI=1S/C22H28N4O/c23-17-21(18-11-14-24-15-12-18)22(25-27)13-16-26(19-7-3-1-4-8-19)20-9-5-2-6-10-20/h1-10,17-18,23-25,27H,11-16H2/b22-21+,23-17?. The molecule has 2 aromatic carbocycles. The van der Waals surface area contributed by atoms with Gasteiger partial charge in [0.1, 0.15) is 0 Å². The van der Waals surface area contributed by atoms with Crippen LogP contribution in [-0.2, 0) is 0 Å². The number of hydrogen-bond donors (Lipinski definition) is 4. The Labute approximate surface area is 161 Å². The molecule has 142 valence electrons. The summed E-state index contributed by atoms with van der Waals surface area (Å²) in [5.74, 6) is 0.320. The van der Waals surface area contributed by atoms with Gasteiger partial charge < -0.3 is 15.6 Å². The van der Waals surface area contributed by atoms with Crippen molar-refractivity contribution in [3.63, 3.8) is 0 Å². The monoisotopic (exact) mass is 364 g/mol. The highest BCUT2D eigenvalue weighted by Crippen LogP contribution is 2.27. The maximum atomic E-state index is 9.77. The summed E-state index contributed by atoms with van der Waals surface area (Å²) >= 11 is 0. The number of piperidine rings is 1. The zero-order valence-electron chi connectivity index (χ0n) is 15.6. The van der Waals surface area contributed by atoms with Gasteiger partial charge in [0.2, 0.25) is 0 Å². The molecule has 5 heteroatoms. The van der Waals surface area contributed by atoms with Gasteiger partial charge in [-0.15, -0.1) is 0 Å². The Kier molecular flexibility index (Phi) is 7.02. The molecule has 0 aromatic heterocycles. The minimum absolute atomic E-state index is 0.320. The highest BCUT2D eigenvalue weighted by molar-refractivity contribution is 5.77. The molecule has 0 radical (unpaired) electrons. The third kappa shape index (κ3) is 4.96. The maximum Gasteiger partial charge on any atom is 0.0443 e. The molecule has 27 heavy (non-hydrogen) atoms. The fraction of sp³-hybridized carbons (Fsp3) is 0.318. The van der Waals surface area contributed by atoms with E-state index < -0.39 is 0 Å². The van der Waals surface area contributed by atoms with Crippen LogP contribution in [0.2, 0.25) is 0 Å². The molecule has 4 N–H and O–H groups in total. The van der Waals surface area contributed by atoms with E-state index in [4.69, 9.17) is 5.41 Å². The molecule has 0 bridgehead atoms. The summed E-state index contributed by atoms with van der Waals surface area (Å²) in [4.78, 5) is 2.24. The second kappa shape index (κ2) is 9.90. The van der Waals surface area contributed by atoms with Crippen molar-refractivity contribution in [2.24, 2.45) is 5.92 Å². The van der Waals surface area contributed by atoms with E-state index in [2.05, 4.69) is 40.0 Å². The van der Waals surface area contributed by atoms with Gasteiger partial charge in [0.05, 0.1) is 0 Å². The molecular weight excluding hydrogens is 336 g/mol. The van der Waals surface area contributed by atoms with E-state index in [1.165, 1.54) is 6.21 Å². The average molecular weight is 364 g/mol. The van der Waals surface area contributed by atoms with Crippen LogP contribution in [0, 0.1) is 11.3 Å². The molecule has 0 unspecified atom stereocenters. The summed E-state index contributed by atoms with van der Waals surface area (Å²) in [6.07, 6.45) is 4.03. The number of benzene rings is 2. The lowest BCUT2D eigenvalue weighted by Crippen LogP contribution is -2.31. The molecule has 3 rings (SSSR count). The van der Waals surface area contributed by atoms with Crippen molar-refractivity contribution in [1.29, 1.82) is 5.41 Å². The van der Waals surface area contributed by atoms with E-state index in [1.807, 2.05) is 36.4 Å². The van der Waals surface area contributed by atoms with Gasteiger partial charge in [0, 0.05) is 36.3 Å². The minimum Gasteiger partial charge on any atom is -0.341 e. The van der Waals surface area contributed by atoms with Crippen LogP contribution in [0.4, 0.5) is 11.4 Å². The van der Waals surface area contributed by atoms with Crippen molar-refractivity contribution >= 4 is 17.6 Å². The molecule has 1 heterocycles.